The van der Waals surface area contributed by atoms with E-state index in [9.17, 15) is 112 Å². The number of carboxylic acid groups (broad SMARTS) is 2. The van der Waals surface area contributed by atoms with Crippen LogP contribution in [-0.2, 0) is 110 Å². The lowest BCUT2D eigenvalue weighted by Gasteiger charge is -2.28. The SMILES string of the molecule is CSCC[C@@H]1NC(=O)[C@H]([C@@H](C)O)NC(=O)[C@H](CC(N)=O)NC(=O)CNC(=O)[C@H](Cc2ccccc2)NC(=O)[C@H](CC(=O)O)NC(=O)[C@H](Cc2c[nH]c3ccccc23)NC(=O)[C@H](CCC(N)=O)NC(=O)[C@H](C)NC(=O)[C@H](C)NC(=O)[C@H](C)NC(=O)[C@H](Cc2ccc(O)cc2)NC(=O)[C@@H](N)CSSC[C@@H](C(=O)N[C@@H](CCC(N)=O)C(=O)O)NC1=O.OCCS. The number of benzene rings is 3. The molecule has 2 heterocycles. The molecule has 47 heteroatoms. The molecule has 122 heavy (non-hydrogen) atoms. The first kappa shape index (κ1) is 103. The number of carboxylic acids is 2. The van der Waals surface area contributed by atoms with Crippen LogP contribution in [0.25, 0.3) is 10.9 Å². The number of thioether (sulfide) groups is 1. The van der Waals surface area contributed by atoms with Gasteiger partial charge in [0.2, 0.25) is 100 Å². The Morgan fingerprint density at radius 2 is 1.00 bits per heavy atom. The Morgan fingerprint density at radius 1 is 0.533 bits per heavy atom. The van der Waals surface area contributed by atoms with E-state index in [0.29, 0.717) is 33.3 Å². The second kappa shape index (κ2) is 52.4. The van der Waals surface area contributed by atoms with Crippen molar-refractivity contribution >= 4 is 169 Å². The van der Waals surface area contributed by atoms with Gasteiger partial charge in [-0.15, -0.1) is 0 Å². The zero-order valence-electron chi connectivity index (χ0n) is 67.0. The van der Waals surface area contributed by atoms with Gasteiger partial charge < -0.3 is 128 Å². The van der Waals surface area contributed by atoms with Crippen molar-refractivity contribution in [3.8, 4) is 5.75 Å². The Kier molecular flexibility index (Phi) is 44.1. The fraction of sp³-hybridized carbons (Fsp3) is 0.480. The first-order chi connectivity index (χ1) is 57.6. The van der Waals surface area contributed by atoms with Gasteiger partial charge >= 0.3 is 11.9 Å². The molecule has 28 N–H and O–H groups in total. The summed E-state index contributed by atoms with van der Waals surface area (Å²) in [4.78, 5) is 263. The molecule has 0 bridgehead atoms. The average Bonchev–Trinajstić information content (AvgIpc) is 1.66. The Morgan fingerprint density at radius 3 is 1.57 bits per heavy atom. The molecule has 0 unspecified atom stereocenters. The van der Waals surface area contributed by atoms with Crippen LogP contribution in [0.4, 0.5) is 0 Å². The number of nitrogens with two attached hydrogens (primary N) is 4. The minimum absolute atomic E-state index is 0.111. The van der Waals surface area contributed by atoms with Gasteiger partial charge in [-0.1, -0.05) is 82.3 Å². The van der Waals surface area contributed by atoms with Gasteiger partial charge in [-0.25, -0.2) is 4.79 Å². The van der Waals surface area contributed by atoms with Crippen molar-refractivity contribution in [1.29, 1.82) is 0 Å². The average molecular weight is 1790 g/mol. The number of aliphatic hydroxyl groups excluding tert-OH is 2. The maximum atomic E-state index is 14.8. The number of aromatic nitrogens is 1. The second-order valence-corrected chi connectivity index (χ2v) is 31.9. The van der Waals surface area contributed by atoms with E-state index in [4.69, 9.17) is 28.0 Å². The third-order valence-electron chi connectivity index (χ3n) is 18.0. The summed E-state index contributed by atoms with van der Waals surface area (Å²) in [6.45, 7) is 3.78. The second-order valence-electron chi connectivity index (χ2n) is 27.9. The van der Waals surface area contributed by atoms with E-state index < -0.39 is 260 Å². The highest BCUT2D eigenvalue weighted by atomic mass is 33.1. The van der Waals surface area contributed by atoms with E-state index in [1.165, 1.54) is 75.1 Å². The summed E-state index contributed by atoms with van der Waals surface area (Å²) < 4.78 is 0. The van der Waals surface area contributed by atoms with Gasteiger partial charge in [0.15, 0.2) is 0 Å². The summed E-state index contributed by atoms with van der Waals surface area (Å²) in [6.07, 6.45) is -4.34. The molecule has 0 saturated carbocycles. The highest BCUT2D eigenvalue weighted by Crippen LogP contribution is 2.24. The van der Waals surface area contributed by atoms with Crippen LogP contribution in [0.2, 0.25) is 0 Å². The van der Waals surface area contributed by atoms with Crippen LogP contribution in [0.15, 0.2) is 85.1 Å². The van der Waals surface area contributed by atoms with Crippen molar-refractivity contribution in [3.05, 3.63) is 102 Å². The van der Waals surface area contributed by atoms with E-state index in [2.05, 4.69) is 92.0 Å². The maximum Gasteiger partial charge on any atom is 0.326 e. The van der Waals surface area contributed by atoms with Crippen LogP contribution in [0.1, 0.15) is 89.3 Å². The standard InChI is InChI=1S/C73H99N19O23S3.C2H6OS/c1-34-60(101)81-36(3)62(103)84-45(19-21-54(75)95)65(106)89-50(27-40-30-78-44-14-10-9-13-42(40)44)68(109)90-52(29-58(99)100)69(110)88-48(25-38-11-7-6-8-12-38)64(105)79-31-57(98)83-51(28-56(77)97)70(111)92-59(37(4)93)72(113)85-46(23-24-116-5)66(107)91-53(71(112)86-47(73(114)115)20-22-55(76)96)33-118-117-32-43(74)63(104)87-49(26-39-15-17-41(94)18-16-39)67(108)82-35(2)61(102)80-34;3-1-2-4/h6-18,30,34-37,43,45-53,59,78,93-94H,19-29,31-33,74H2,1-5H3,(H2,75,95)(H2,76,96)(H2,77,97)(H,79,105)(H,80,102)(H,81,101)(H,82,108)(H,83,98)(H,84,103)(H,85,113)(H,86,112)(H,87,104)(H,88,110)(H,89,106)(H,90,109)(H,91,107)(H,92,111)(H,99,100)(H,114,115);3-4H,1-2H2/t34-,35-,36-,37+,43-,45-,46-,47-,48-,49-,50-,51-,52-,53-,59-;/m0./s1. The monoisotopic (exact) mass is 1780 g/mol. The zero-order chi connectivity index (χ0) is 91.0. The Balaban J connectivity index is 0.00000763. The molecular formula is C75H105N19O24S4. The van der Waals surface area contributed by atoms with Crippen molar-refractivity contribution in [3.63, 3.8) is 0 Å². The number of para-hydroxylation sites is 1. The number of aliphatic carboxylic acids is 2. The van der Waals surface area contributed by atoms with Crippen LogP contribution < -0.4 is 97.4 Å². The fourth-order valence-electron chi connectivity index (χ4n) is 11.3. The van der Waals surface area contributed by atoms with Gasteiger partial charge in [0.05, 0.1) is 38.1 Å². The van der Waals surface area contributed by atoms with Crippen molar-refractivity contribution in [2.75, 3.05) is 42.4 Å². The lowest BCUT2D eigenvalue weighted by atomic mass is 10.0. The molecule has 1 aliphatic heterocycles. The van der Waals surface area contributed by atoms with E-state index in [1.54, 1.807) is 48.7 Å². The van der Waals surface area contributed by atoms with Crippen LogP contribution in [-0.4, -0.2) is 276 Å². The number of phenolic OH excluding ortho intramolecular Hbond substituents is 1. The van der Waals surface area contributed by atoms with Gasteiger partial charge in [-0.05, 0) is 93.9 Å². The predicted molar refractivity (Wildman–Crippen MR) is 448 cm³/mol. The molecule has 1 aliphatic rings. The molecule has 17 amide bonds. The molecule has 43 nitrogen and oxygen atoms in total. The number of carbonyl (C=O) groups excluding carboxylic acids is 17. The molecule has 4 aromatic rings. The molecule has 0 spiro atoms. The third kappa shape index (κ3) is 36.3. The molecule has 15 atom stereocenters. The molecule has 1 aromatic heterocycles. The summed E-state index contributed by atoms with van der Waals surface area (Å²) in [5.41, 5.74) is 24.3. The minimum atomic E-state index is -2.08. The number of amides is 17. The van der Waals surface area contributed by atoms with E-state index >= 15 is 0 Å². The normalized spacial score (nSPS) is 23.7. The van der Waals surface area contributed by atoms with Gasteiger partial charge in [-0.3, -0.25) is 86.3 Å². The number of thiol groups is 1. The lowest BCUT2D eigenvalue weighted by Crippen LogP contribution is -2.61. The molecular weight excluding hydrogens is 1680 g/mol. The quantitative estimate of drug-likeness (QED) is 0.0229. The van der Waals surface area contributed by atoms with E-state index in [1.807, 2.05) is 0 Å². The number of aromatic hydroxyl groups is 1. The molecule has 5 rings (SSSR count). The summed E-state index contributed by atoms with van der Waals surface area (Å²) in [7, 11) is 1.65. The first-order valence-corrected chi connectivity index (χ1v) is 42.4. The number of hydrogen-bond acceptors (Lipinski definition) is 27. The number of aliphatic hydroxyl groups is 2. The Hall–Kier alpha value is -11.8. The van der Waals surface area contributed by atoms with Crippen LogP contribution in [0.3, 0.4) is 0 Å². The van der Waals surface area contributed by atoms with Crippen LogP contribution >= 0.6 is 46.0 Å². The number of hydrogen-bond donors (Lipinski definition) is 25. The van der Waals surface area contributed by atoms with Crippen molar-refractivity contribution in [1.82, 2.24) is 79.4 Å². The minimum Gasteiger partial charge on any atom is -0.508 e. The van der Waals surface area contributed by atoms with Crippen molar-refractivity contribution in [2.45, 2.75) is 183 Å². The van der Waals surface area contributed by atoms with E-state index in [0.717, 1.165) is 28.5 Å². The summed E-state index contributed by atoms with van der Waals surface area (Å²) in [5.74, 6) is -22.6. The van der Waals surface area contributed by atoms with Crippen molar-refractivity contribution in [2.24, 2.45) is 22.9 Å². The topological polar surface area (TPSA) is 714 Å². The summed E-state index contributed by atoms with van der Waals surface area (Å²) in [6, 6.07) is -4.05. The van der Waals surface area contributed by atoms with Crippen LogP contribution in [0, 0.1) is 0 Å². The van der Waals surface area contributed by atoms with Crippen LogP contribution in [0.5, 0.6) is 5.75 Å². The largest absolute Gasteiger partial charge is 0.508 e. The number of primary amides is 3. The molecule has 0 radical (unpaired) electrons. The molecule has 1 saturated heterocycles. The smallest absolute Gasteiger partial charge is 0.326 e. The Bertz CT molecular complexity index is 4340. The predicted octanol–water partition coefficient (Wildman–Crippen LogP) is -6.89. The van der Waals surface area contributed by atoms with Gasteiger partial charge in [0.1, 0.15) is 84.3 Å². The summed E-state index contributed by atoms with van der Waals surface area (Å²) in [5, 5.41) is 82.6. The fourth-order valence-corrected chi connectivity index (χ4v) is 14.1. The Labute approximate surface area is 717 Å². The number of nitrogens with one attached hydrogen (secondary N) is 15. The number of fused-ring (bicyclic) bond motifs is 1. The van der Waals surface area contributed by atoms with Gasteiger partial charge in [0.25, 0.3) is 0 Å². The summed E-state index contributed by atoms with van der Waals surface area (Å²) >= 11 is 4.85. The molecule has 1 fully saturated rings. The number of rotatable bonds is 24. The lowest BCUT2D eigenvalue weighted by molar-refractivity contribution is -0.142. The maximum absolute atomic E-state index is 14.8. The highest BCUT2D eigenvalue weighted by Gasteiger charge is 2.39. The number of aromatic amines is 1. The molecule has 0 aliphatic carbocycles. The molecule has 3 aromatic carbocycles. The number of carbonyl (C=O) groups is 19. The number of phenols is 1. The van der Waals surface area contributed by atoms with Gasteiger partial charge in [-0.2, -0.15) is 24.4 Å². The first-order valence-electron chi connectivity index (χ1n) is 37.9. The third-order valence-corrected chi connectivity index (χ3v) is 21.2. The van der Waals surface area contributed by atoms with E-state index in [-0.39, 0.29) is 43.1 Å². The molecule has 668 valence electrons. The zero-order valence-corrected chi connectivity index (χ0v) is 70.4. The number of H-pyrrole nitrogens is 1. The van der Waals surface area contributed by atoms with Gasteiger partial charge in [0, 0.05) is 66.5 Å². The highest BCUT2D eigenvalue weighted by molar-refractivity contribution is 8.76. The van der Waals surface area contributed by atoms with Crippen molar-refractivity contribution < 1.29 is 117 Å².